The van der Waals surface area contributed by atoms with E-state index in [1.807, 2.05) is 13.8 Å². The highest BCUT2D eigenvalue weighted by Gasteiger charge is 2.19. The van der Waals surface area contributed by atoms with Crippen LogP contribution in [-0.4, -0.2) is 30.7 Å². The van der Waals surface area contributed by atoms with Crippen molar-refractivity contribution in [2.75, 3.05) is 25.8 Å². The molecule has 1 aliphatic rings. The normalized spacial score (nSPS) is 17.4. The Morgan fingerprint density at radius 2 is 1.58 bits per heavy atom. The predicted octanol–water partition coefficient (Wildman–Crippen LogP) is 5.21. The Kier molecular flexibility index (Phi) is 13.7. The average Bonchev–Trinajstić information content (AvgIpc) is 2.42. The Hall–Kier alpha value is 0.390. The van der Waals surface area contributed by atoms with Crippen LogP contribution in [0.1, 0.15) is 72.6 Å². The first-order chi connectivity index (χ1) is 9.22. The van der Waals surface area contributed by atoms with E-state index in [4.69, 9.17) is 0 Å². The van der Waals surface area contributed by atoms with Gasteiger partial charge < -0.3 is 4.90 Å². The molecule has 0 aliphatic carbocycles. The lowest BCUT2D eigenvalue weighted by Gasteiger charge is -2.32. The van der Waals surface area contributed by atoms with Crippen molar-refractivity contribution >= 4 is 9.24 Å². The highest BCUT2D eigenvalue weighted by atomic mass is 31.0. The van der Waals surface area contributed by atoms with Gasteiger partial charge in [0.2, 0.25) is 0 Å². The summed E-state index contributed by atoms with van der Waals surface area (Å²) in [4.78, 5) is 2.69. The highest BCUT2D eigenvalue weighted by Crippen LogP contribution is 2.24. The van der Waals surface area contributed by atoms with Crippen LogP contribution in [0.2, 0.25) is 0 Å². The molecular weight excluding hydrogens is 249 g/mol. The molecule has 0 saturated carbocycles. The van der Waals surface area contributed by atoms with E-state index in [-0.39, 0.29) is 0 Å². The number of hydrogen-bond acceptors (Lipinski definition) is 1. The van der Waals surface area contributed by atoms with Gasteiger partial charge in [0.1, 0.15) is 0 Å². The van der Waals surface area contributed by atoms with Gasteiger partial charge in [-0.25, -0.2) is 0 Å². The van der Waals surface area contributed by atoms with Gasteiger partial charge in [-0.2, -0.15) is 0 Å². The monoisotopic (exact) mass is 287 g/mol. The zero-order chi connectivity index (χ0) is 14.5. The van der Waals surface area contributed by atoms with Crippen LogP contribution >= 0.6 is 9.24 Å². The zero-order valence-electron chi connectivity index (χ0n) is 14.0. The lowest BCUT2D eigenvalue weighted by atomic mass is 9.88. The molecule has 0 N–H and O–H groups in total. The SMILES string of the molecule is CC.CC(C)CC1CCN(CCCCCCP)CC1. The van der Waals surface area contributed by atoms with Crippen LogP contribution in [0, 0.1) is 11.8 Å². The van der Waals surface area contributed by atoms with Crippen molar-refractivity contribution < 1.29 is 0 Å². The van der Waals surface area contributed by atoms with Crippen LogP contribution in [0.5, 0.6) is 0 Å². The van der Waals surface area contributed by atoms with Gasteiger partial charge in [-0.15, -0.1) is 9.24 Å². The molecule has 1 saturated heterocycles. The second-order valence-corrected chi connectivity index (χ2v) is 6.69. The standard InChI is InChI=1S/C15H32NP.C2H6/c1-14(2)13-15-7-10-16(11-8-15)9-5-3-4-6-12-17;1-2/h14-15H,3-13,17H2,1-2H3;1-2H3. The van der Waals surface area contributed by atoms with E-state index in [1.165, 1.54) is 70.7 Å². The summed E-state index contributed by atoms with van der Waals surface area (Å²) in [6.07, 6.45) is 11.3. The van der Waals surface area contributed by atoms with Crippen molar-refractivity contribution in [2.24, 2.45) is 11.8 Å². The second-order valence-electron chi connectivity index (χ2n) is 6.12. The van der Waals surface area contributed by atoms with Crippen molar-refractivity contribution in [3.8, 4) is 0 Å². The molecule has 1 heterocycles. The first-order valence-corrected chi connectivity index (χ1v) is 9.46. The molecule has 0 aromatic rings. The minimum absolute atomic E-state index is 0.887. The quantitative estimate of drug-likeness (QED) is 0.438. The van der Waals surface area contributed by atoms with E-state index < -0.39 is 0 Å². The first-order valence-electron chi connectivity index (χ1n) is 8.64. The minimum atomic E-state index is 0.887. The summed E-state index contributed by atoms with van der Waals surface area (Å²) in [5.74, 6) is 1.90. The molecule has 1 rings (SSSR count). The topological polar surface area (TPSA) is 3.24 Å². The van der Waals surface area contributed by atoms with Gasteiger partial charge in [0.25, 0.3) is 0 Å². The Balaban J connectivity index is 0.00000154. The number of piperidine rings is 1. The van der Waals surface area contributed by atoms with Gasteiger partial charge >= 0.3 is 0 Å². The molecule has 116 valence electrons. The van der Waals surface area contributed by atoms with E-state index in [9.17, 15) is 0 Å². The van der Waals surface area contributed by atoms with Crippen LogP contribution in [0.4, 0.5) is 0 Å². The maximum atomic E-state index is 2.83. The number of nitrogens with zero attached hydrogens (tertiary/aromatic N) is 1. The van der Waals surface area contributed by atoms with Crippen LogP contribution in [0.3, 0.4) is 0 Å². The molecule has 1 atom stereocenters. The summed E-state index contributed by atoms with van der Waals surface area (Å²) in [5, 5.41) is 0. The number of unbranched alkanes of at least 4 members (excludes halogenated alkanes) is 3. The largest absolute Gasteiger partial charge is 0.303 e. The lowest BCUT2D eigenvalue weighted by Crippen LogP contribution is -2.34. The Labute approximate surface area is 125 Å². The molecule has 1 nitrogen and oxygen atoms in total. The molecule has 1 aliphatic heterocycles. The summed E-state index contributed by atoms with van der Waals surface area (Å²) >= 11 is 0. The summed E-state index contributed by atoms with van der Waals surface area (Å²) in [5.41, 5.74) is 0. The van der Waals surface area contributed by atoms with Crippen molar-refractivity contribution in [2.45, 2.75) is 72.6 Å². The average molecular weight is 287 g/mol. The van der Waals surface area contributed by atoms with E-state index >= 15 is 0 Å². The third-order valence-electron chi connectivity index (χ3n) is 3.94. The zero-order valence-corrected chi connectivity index (χ0v) is 15.1. The number of rotatable bonds is 8. The van der Waals surface area contributed by atoms with E-state index in [0.717, 1.165) is 11.8 Å². The third kappa shape index (κ3) is 10.8. The summed E-state index contributed by atoms with van der Waals surface area (Å²) in [6.45, 7) is 12.8. The maximum absolute atomic E-state index is 2.83. The molecule has 0 bridgehead atoms. The lowest BCUT2D eigenvalue weighted by molar-refractivity contribution is 0.168. The smallest absolute Gasteiger partial charge is 0.00161 e. The predicted molar refractivity (Wildman–Crippen MR) is 93.0 cm³/mol. The molecule has 0 aromatic heterocycles. The van der Waals surface area contributed by atoms with Crippen molar-refractivity contribution in [1.29, 1.82) is 0 Å². The molecule has 0 amide bonds. The van der Waals surface area contributed by atoms with Gasteiger partial charge in [0, 0.05) is 0 Å². The molecule has 0 aromatic carbocycles. The van der Waals surface area contributed by atoms with Gasteiger partial charge in [-0.3, -0.25) is 0 Å². The van der Waals surface area contributed by atoms with Crippen molar-refractivity contribution in [1.82, 2.24) is 4.90 Å². The van der Waals surface area contributed by atoms with Crippen LogP contribution in [0.25, 0.3) is 0 Å². The van der Waals surface area contributed by atoms with Gasteiger partial charge in [-0.05, 0) is 69.7 Å². The summed E-state index contributed by atoms with van der Waals surface area (Å²) < 4.78 is 0. The van der Waals surface area contributed by atoms with Crippen LogP contribution < -0.4 is 0 Å². The van der Waals surface area contributed by atoms with Gasteiger partial charge in [0.15, 0.2) is 0 Å². The third-order valence-corrected chi connectivity index (χ3v) is 4.35. The molecule has 0 spiro atoms. The first kappa shape index (κ1) is 19.4. The Morgan fingerprint density at radius 3 is 2.11 bits per heavy atom. The van der Waals surface area contributed by atoms with Crippen LogP contribution in [0.15, 0.2) is 0 Å². The molecule has 1 unspecified atom stereocenters. The van der Waals surface area contributed by atoms with E-state index in [2.05, 4.69) is 28.0 Å². The Bertz CT molecular complexity index is 174. The molecule has 1 fully saturated rings. The molecular formula is C17H38NP. The highest BCUT2D eigenvalue weighted by molar-refractivity contribution is 7.16. The van der Waals surface area contributed by atoms with Crippen molar-refractivity contribution in [3.63, 3.8) is 0 Å². The fourth-order valence-electron chi connectivity index (χ4n) is 2.95. The van der Waals surface area contributed by atoms with E-state index in [0.29, 0.717) is 0 Å². The fraction of sp³-hybridized carbons (Fsp3) is 1.00. The van der Waals surface area contributed by atoms with E-state index in [1.54, 1.807) is 0 Å². The fourth-order valence-corrected chi connectivity index (χ4v) is 3.23. The maximum Gasteiger partial charge on any atom is -0.00161 e. The van der Waals surface area contributed by atoms with Gasteiger partial charge in [-0.1, -0.05) is 40.5 Å². The number of hydrogen-bond donors (Lipinski definition) is 0. The number of likely N-dealkylation sites (tertiary alicyclic amines) is 1. The summed E-state index contributed by atoms with van der Waals surface area (Å²) in [6, 6.07) is 0. The minimum Gasteiger partial charge on any atom is -0.303 e. The van der Waals surface area contributed by atoms with Crippen molar-refractivity contribution in [3.05, 3.63) is 0 Å². The Morgan fingerprint density at radius 1 is 1.00 bits per heavy atom. The molecule has 2 heteroatoms. The van der Waals surface area contributed by atoms with Gasteiger partial charge in [0.05, 0.1) is 0 Å². The van der Waals surface area contributed by atoms with Crippen LogP contribution in [-0.2, 0) is 0 Å². The summed E-state index contributed by atoms with van der Waals surface area (Å²) in [7, 11) is 2.83. The molecule has 0 radical (unpaired) electrons. The molecule has 19 heavy (non-hydrogen) atoms. The second kappa shape index (κ2) is 13.4.